The molecule has 18 heavy (non-hydrogen) atoms. The van der Waals surface area contributed by atoms with Crippen molar-refractivity contribution in [3.05, 3.63) is 27.7 Å². The number of nitrogens with one attached hydrogen (secondary N) is 1. The zero-order valence-electron chi connectivity index (χ0n) is 11.5. The zero-order chi connectivity index (χ0) is 12.8. The van der Waals surface area contributed by atoms with Gasteiger partial charge in [0.2, 0.25) is 0 Å². The fourth-order valence-electron chi connectivity index (χ4n) is 2.66. The Labute approximate surface area is 115 Å². The van der Waals surface area contributed by atoms with E-state index < -0.39 is 0 Å². The molecular formula is C15H24N2S. The van der Waals surface area contributed by atoms with Crippen LogP contribution in [0.1, 0.15) is 62.1 Å². The van der Waals surface area contributed by atoms with Crippen LogP contribution in [-0.2, 0) is 0 Å². The summed E-state index contributed by atoms with van der Waals surface area (Å²) in [6.45, 7) is 5.33. The van der Waals surface area contributed by atoms with Gasteiger partial charge in [-0.1, -0.05) is 31.4 Å². The largest absolute Gasteiger partial charge is 0.306 e. The number of rotatable bonds is 4. The highest BCUT2D eigenvalue weighted by Crippen LogP contribution is 2.32. The number of likely N-dealkylation sites (N-methyl/N-ethyl adjacent to an activating group) is 1. The second-order valence-corrected chi connectivity index (χ2v) is 5.91. The molecule has 1 unspecified atom stereocenters. The van der Waals surface area contributed by atoms with Gasteiger partial charge in [0.15, 0.2) is 0 Å². The number of thiazole rings is 1. The second kappa shape index (κ2) is 7.05. The van der Waals surface area contributed by atoms with Crippen molar-refractivity contribution in [1.82, 2.24) is 10.3 Å². The third kappa shape index (κ3) is 3.42. The Morgan fingerprint density at radius 2 is 2.17 bits per heavy atom. The van der Waals surface area contributed by atoms with Crippen LogP contribution in [0.4, 0.5) is 0 Å². The summed E-state index contributed by atoms with van der Waals surface area (Å²) in [5.74, 6) is 0. The van der Waals surface area contributed by atoms with Crippen molar-refractivity contribution in [2.45, 2.75) is 58.4 Å². The molecule has 1 atom stereocenters. The minimum Gasteiger partial charge on any atom is -0.306 e. The van der Waals surface area contributed by atoms with Crippen LogP contribution in [-0.4, -0.2) is 11.5 Å². The first-order valence-corrected chi connectivity index (χ1v) is 8.03. The van der Waals surface area contributed by atoms with Crippen LogP contribution in [0.25, 0.3) is 0 Å². The molecule has 0 aromatic carbocycles. The molecule has 0 spiro atoms. The first kappa shape index (κ1) is 13.8. The maximum atomic E-state index is 4.41. The van der Waals surface area contributed by atoms with Gasteiger partial charge in [-0.3, -0.25) is 0 Å². The summed E-state index contributed by atoms with van der Waals surface area (Å²) in [5.41, 5.74) is 4.75. The first-order valence-electron chi connectivity index (χ1n) is 7.15. The quantitative estimate of drug-likeness (QED) is 0.816. The molecule has 2 nitrogen and oxygen atoms in total. The Balaban J connectivity index is 2.20. The first-order chi connectivity index (χ1) is 8.83. The predicted molar refractivity (Wildman–Crippen MR) is 79.1 cm³/mol. The lowest BCUT2D eigenvalue weighted by molar-refractivity contribution is 0.557. The molecule has 1 aliphatic rings. The fraction of sp³-hybridized carbons (Fsp3) is 0.667. The third-order valence-electron chi connectivity index (χ3n) is 3.65. The average Bonchev–Trinajstić information content (AvgIpc) is 2.73. The SMILES string of the molecule is CCNC(C1=CCCCCCC1)c1scnc1C. The third-order valence-corrected chi connectivity index (χ3v) is 4.65. The highest BCUT2D eigenvalue weighted by molar-refractivity contribution is 7.09. The predicted octanol–water partition coefficient (Wildman–Crippen LogP) is 4.38. The van der Waals surface area contributed by atoms with E-state index in [-0.39, 0.29) is 0 Å². The Bertz CT molecular complexity index is 395. The van der Waals surface area contributed by atoms with E-state index in [1.807, 2.05) is 5.51 Å². The van der Waals surface area contributed by atoms with Crippen LogP contribution in [0.5, 0.6) is 0 Å². The maximum absolute atomic E-state index is 4.41. The lowest BCUT2D eigenvalue weighted by Crippen LogP contribution is -2.23. The van der Waals surface area contributed by atoms with Gasteiger partial charge in [0.1, 0.15) is 0 Å². The molecule has 0 amide bonds. The molecule has 0 saturated carbocycles. The molecule has 1 aliphatic carbocycles. The highest BCUT2D eigenvalue weighted by Gasteiger charge is 2.19. The summed E-state index contributed by atoms with van der Waals surface area (Å²) < 4.78 is 0. The van der Waals surface area contributed by atoms with Crippen molar-refractivity contribution >= 4 is 11.3 Å². The van der Waals surface area contributed by atoms with E-state index in [2.05, 4.69) is 30.2 Å². The van der Waals surface area contributed by atoms with Crippen molar-refractivity contribution in [3.8, 4) is 0 Å². The average molecular weight is 264 g/mol. The van der Waals surface area contributed by atoms with Gasteiger partial charge in [-0.25, -0.2) is 4.98 Å². The molecular weight excluding hydrogens is 240 g/mol. The van der Waals surface area contributed by atoms with Crippen LogP contribution in [0.15, 0.2) is 17.2 Å². The molecule has 3 heteroatoms. The summed E-state index contributed by atoms with van der Waals surface area (Å²) in [6.07, 6.45) is 10.4. The Morgan fingerprint density at radius 3 is 2.89 bits per heavy atom. The summed E-state index contributed by atoms with van der Waals surface area (Å²) in [6, 6.07) is 0.403. The number of hydrogen-bond acceptors (Lipinski definition) is 3. The van der Waals surface area contributed by atoms with Gasteiger partial charge < -0.3 is 5.32 Å². The molecule has 2 rings (SSSR count). The molecule has 100 valence electrons. The number of allylic oxidation sites excluding steroid dienone is 1. The lowest BCUT2D eigenvalue weighted by Gasteiger charge is -2.22. The van der Waals surface area contributed by atoms with E-state index in [4.69, 9.17) is 0 Å². The molecule has 1 aromatic heterocycles. The van der Waals surface area contributed by atoms with E-state index in [1.54, 1.807) is 16.9 Å². The highest BCUT2D eigenvalue weighted by atomic mass is 32.1. The molecule has 1 N–H and O–H groups in total. The summed E-state index contributed by atoms with van der Waals surface area (Å²) in [4.78, 5) is 5.81. The van der Waals surface area contributed by atoms with Gasteiger partial charge in [0, 0.05) is 4.88 Å². The minimum atomic E-state index is 0.403. The Morgan fingerprint density at radius 1 is 1.33 bits per heavy atom. The molecule has 1 aromatic rings. The van der Waals surface area contributed by atoms with Crippen LogP contribution in [0, 0.1) is 6.92 Å². The fourth-order valence-corrected chi connectivity index (χ4v) is 3.58. The number of aryl methyl sites for hydroxylation is 1. The van der Waals surface area contributed by atoms with E-state index >= 15 is 0 Å². The summed E-state index contributed by atoms with van der Waals surface area (Å²) >= 11 is 1.79. The normalized spacial score (nSPS) is 18.9. The van der Waals surface area contributed by atoms with Crippen molar-refractivity contribution in [2.24, 2.45) is 0 Å². The summed E-state index contributed by atoms with van der Waals surface area (Å²) in [5, 5.41) is 3.65. The Hall–Kier alpha value is -0.670. The maximum Gasteiger partial charge on any atom is 0.0798 e. The minimum absolute atomic E-state index is 0.403. The van der Waals surface area contributed by atoms with E-state index in [1.165, 1.54) is 49.1 Å². The standard InChI is InChI=1S/C15H24N2S/c1-3-16-14(15-12(2)17-11-18-15)13-9-7-5-4-6-8-10-13/h9,11,14,16H,3-8,10H2,1-2H3. The second-order valence-electron chi connectivity index (χ2n) is 5.02. The molecule has 0 bridgehead atoms. The number of nitrogens with zero attached hydrogens (tertiary/aromatic N) is 1. The van der Waals surface area contributed by atoms with E-state index in [0.29, 0.717) is 6.04 Å². The van der Waals surface area contributed by atoms with Crippen LogP contribution < -0.4 is 5.32 Å². The van der Waals surface area contributed by atoms with Gasteiger partial charge >= 0.3 is 0 Å². The zero-order valence-corrected chi connectivity index (χ0v) is 12.4. The van der Waals surface area contributed by atoms with Crippen molar-refractivity contribution in [3.63, 3.8) is 0 Å². The number of hydrogen-bond donors (Lipinski definition) is 1. The lowest BCUT2D eigenvalue weighted by atomic mass is 9.93. The van der Waals surface area contributed by atoms with Crippen molar-refractivity contribution < 1.29 is 0 Å². The van der Waals surface area contributed by atoms with E-state index in [9.17, 15) is 0 Å². The van der Waals surface area contributed by atoms with Gasteiger partial charge in [0.25, 0.3) is 0 Å². The van der Waals surface area contributed by atoms with Gasteiger partial charge in [-0.05, 0) is 39.2 Å². The van der Waals surface area contributed by atoms with Gasteiger partial charge in [-0.15, -0.1) is 11.3 Å². The van der Waals surface area contributed by atoms with Crippen LogP contribution in [0.3, 0.4) is 0 Å². The van der Waals surface area contributed by atoms with E-state index in [0.717, 1.165) is 6.54 Å². The smallest absolute Gasteiger partial charge is 0.0798 e. The van der Waals surface area contributed by atoms with Gasteiger partial charge in [-0.2, -0.15) is 0 Å². The molecule has 0 fully saturated rings. The van der Waals surface area contributed by atoms with Crippen molar-refractivity contribution in [2.75, 3.05) is 6.54 Å². The Kier molecular flexibility index (Phi) is 5.39. The summed E-state index contributed by atoms with van der Waals surface area (Å²) in [7, 11) is 0. The van der Waals surface area contributed by atoms with Crippen LogP contribution in [0.2, 0.25) is 0 Å². The van der Waals surface area contributed by atoms with Gasteiger partial charge in [0.05, 0.1) is 17.2 Å². The number of aromatic nitrogens is 1. The monoisotopic (exact) mass is 264 g/mol. The van der Waals surface area contributed by atoms with Crippen molar-refractivity contribution in [1.29, 1.82) is 0 Å². The molecule has 0 saturated heterocycles. The molecule has 1 heterocycles. The molecule has 0 aliphatic heterocycles. The van der Waals surface area contributed by atoms with Crippen LogP contribution >= 0.6 is 11.3 Å². The molecule has 0 radical (unpaired) electrons. The topological polar surface area (TPSA) is 24.9 Å².